The standard InChI is InChI=1S/C29H36N2O5/c32-19-18-31(21-23-12-6-4-7-13-23)27(33)20-25-16-8-2-1-3-11-17-28(34)36-22-26(30-29(25)35)24-14-9-5-10-15-24/h2,4-10,12-15,25-26,32H,1,3,11,16-22H2,(H,30,35)/t25-,26+/m1/s1. The van der Waals surface area contributed by atoms with Crippen molar-refractivity contribution in [2.45, 2.75) is 51.1 Å². The van der Waals surface area contributed by atoms with Crippen molar-refractivity contribution in [3.05, 3.63) is 83.9 Å². The summed E-state index contributed by atoms with van der Waals surface area (Å²) in [5, 5.41) is 12.5. The predicted octanol–water partition coefficient (Wildman–Crippen LogP) is 3.93. The van der Waals surface area contributed by atoms with Gasteiger partial charge in [0.25, 0.3) is 0 Å². The summed E-state index contributed by atoms with van der Waals surface area (Å²) in [4.78, 5) is 40.5. The van der Waals surface area contributed by atoms with E-state index in [2.05, 4.69) is 5.32 Å². The lowest BCUT2D eigenvalue weighted by molar-refractivity contribution is -0.145. The molecule has 1 aliphatic heterocycles. The highest BCUT2D eigenvalue weighted by Crippen LogP contribution is 2.20. The summed E-state index contributed by atoms with van der Waals surface area (Å²) < 4.78 is 5.48. The zero-order chi connectivity index (χ0) is 25.6. The Morgan fingerprint density at radius 2 is 1.72 bits per heavy atom. The van der Waals surface area contributed by atoms with Crippen LogP contribution in [0.1, 0.15) is 55.7 Å². The molecule has 2 aromatic rings. The topological polar surface area (TPSA) is 95.9 Å². The highest BCUT2D eigenvalue weighted by molar-refractivity contribution is 5.86. The second kappa shape index (κ2) is 14.8. The van der Waals surface area contributed by atoms with E-state index in [9.17, 15) is 19.5 Å². The third-order valence-corrected chi connectivity index (χ3v) is 6.25. The van der Waals surface area contributed by atoms with Gasteiger partial charge in [-0.2, -0.15) is 0 Å². The van der Waals surface area contributed by atoms with Crippen LogP contribution in [0.2, 0.25) is 0 Å². The number of rotatable bonds is 7. The van der Waals surface area contributed by atoms with Gasteiger partial charge in [-0.3, -0.25) is 14.4 Å². The molecular weight excluding hydrogens is 456 g/mol. The minimum atomic E-state index is -0.587. The molecule has 7 nitrogen and oxygen atoms in total. The van der Waals surface area contributed by atoms with Crippen molar-refractivity contribution in [2.24, 2.45) is 5.92 Å². The maximum Gasteiger partial charge on any atom is 0.305 e. The minimum absolute atomic E-state index is 0.0182. The average molecular weight is 493 g/mol. The first-order valence-electron chi connectivity index (χ1n) is 12.7. The van der Waals surface area contributed by atoms with Gasteiger partial charge in [0.1, 0.15) is 6.61 Å². The zero-order valence-corrected chi connectivity index (χ0v) is 20.7. The number of aliphatic hydroxyl groups is 1. The fraction of sp³-hybridized carbons (Fsp3) is 0.414. The Kier molecular flexibility index (Phi) is 11.2. The van der Waals surface area contributed by atoms with Gasteiger partial charge in [0.15, 0.2) is 0 Å². The Morgan fingerprint density at radius 3 is 2.44 bits per heavy atom. The molecule has 0 saturated carbocycles. The Labute approximate surface area is 213 Å². The Morgan fingerprint density at radius 1 is 1.00 bits per heavy atom. The molecular formula is C29H36N2O5. The predicted molar refractivity (Wildman–Crippen MR) is 138 cm³/mol. The van der Waals surface area contributed by atoms with Crippen LogP contribution in [0.25, 0.3) is 0 Å². The van der Waals surface area contributed by atoms with E-state index in [1.54, 1.807) is 4.90 Å². The molecule has 7 heteroatoms. The number of allylic oxidation sites excluding steroid dienone is 2. The van der Waals surface area contributed by atoms with Crippen LogP contribution in [0.3, 0.4) is 0 Å². The van der Waals surface area contributed by atoms with Crippen LogP contribution in [0, 0.1) is 5.92 Å². The molecule has 0 radical (unpaired) electrons. The lowest BCUT2D eigenvalue weighted by Crippen LogP contribution is -2.40. The largest absolute Gasteiger partial charge is 0.463 e. The van der Waals surface area contributed by atoms with Gasteiger partial charge < -0.3 is 20.1 Å². The SMILES string of the molecule is O=C1CCCCC=CC[C@H](CC(=O)N(CCO)Cc2ccccc2)C(=O)N[C@H](c2ccccc2)CO1. The first-order chi connectivity index (χ1) is 17.6. The molecule has 192 valence electrons. The molecule has 2 N–H and O–H groups in total. The second-order valence-electron chi connectivity index (χ2n) is 9.03. The molecule has 1 aliphatic rings. The van der Waals surface area contributed by atoms with Gasteiger partial charge in [-0.15, -0.1) is 0 Å². The van der Waals surface area contributed by atoms with Crippen LogP contribution in [-0.2, 0) is 25.7 Å². The summed E-state index contributed by atoms with van der Waals surface area (Å²) in [7, 11) is 0. The van der Waals surface area contributed by atoms with Gasteiger partial charge in [0, 0.05) is 25.9 Å². The quantitative estimate of drug-likeness (QED) is 0.451. The molecule has 0 aromatic heterocycles. The number of amides is 2. The lowest BCUT2D eigenvalue weighted by atomic mass is 9.97. The molecule has 36 heavy (non-hydrogen) atoms. The van der Waals surface area contributed by atoms with E-state index in [0.717, 1.165) is 30.4 Å². The first-order valence-corrected chi connectivity index (χ1v) is 12.7. The fourth-order valence-electron chi connectivity index (χ4n) is 4.19. The van der Waals surface area contributed by atoms with Crippen molar-refractivity contribution in [3.8, 4) is 0 Å². The molecule has 0 unspecified atom stereocenters. The molecule has 0 saturated heterocycles. The number of nitrogens with zero attached hydrogens (tertiary/aromatic N) is 1. The zero-order valence-electron chi connectivity index (χ0n) is 20.7. The van der Waals surface area contributed by atoms with Crippen molar-refractivity contribution >= 4 is 17.8 Å². The number of nitrogens with one attached hydrogen (secondary N) is 1. The highest BCUT2D eigenvalue weighted by atomic mass is 16.5. The average Bonchev–Trinajstić information content (AvgIpc) is 2.90. The van der Waals surface area contributed by atoms with E-state index in [4.69, 9.17) is 4.74 Å². The Bertz CT molecular complexity index is 993. The number of benzene rings is 2. The summed E-state index contributed by atoms with van der Waals surface area (Å²) in [6.45, 7) is 0.444. The molecule has 2 aromatic carbocycles. The number of aliphatic hydroxyl groups excluding tert-OH is 1. The number of carbonyl (C=O) groups is 3. The fourth-order valence-corrected chi connectivity index (χ4v) is 4.19. The van der Waals surface area contributed by atoms with E-state index in [0.29, 0.717) is 19.4 Å². The summed E-state index contributed by atoms with van der Waals surface area (Å²) in [5.41, 5.74) is 1.79. The monoisotopic (exact) mass is 492 g/mol. The van der Waals surface area contributed by atoms with Crippen LogP contribution < -0.4 is 5.32 Å². The van der Waals surface area contributed by atoms with E-state index in [1.807, 2.05) is 72.8 Å². The number of hydrogen-bond acceptors (Lipinski definition) is 5. The number of esters is 1. The number of ether oxygens (including phenoxy) is 1. The van der Waals surface area contributed by atoms with Crippen molar-refractivity contribution in [2.75, 3.05) is 19.8 Å². The van der Waals surface area contributed by atoms with E-state index in [-0.39, 0.29) is 44.0 Å². The third kappa shape index (κ3) is 8.96. The summed E-state index contributed by atoms with van der Waals surface area (Å²) in [5.74, 6) is -1.32. The van der Waals surface area contributed by atoms with Gasteiger partial charge in [0.2, 0.25) is 11.8 Å². The summed E-state index contributed by atoms with van der Waals surface area (Å²) >= 11 is 0. The van der Waals surface area contributed by atoms with E-state index >= 15 is 0 Å². The smallest absolute Gasteiger partial charge is 0.305 e. The maximum atomic E-state index is 13.4. The normalized spacial score (nSPS) is 19.6. The third-order valence-electron chi connectivity index (χ3n) is 6.25. The Hall–Kier alpha value is -3.45. The molecule has 0 bridgehead atoms. The van der Waals surface area contributed by atoms with Gasteiger partial charge >= 0.3 is 5.97 Å². The van der Waals surface area contributed by atoms with Gasteiger partial charge in [-0.25, -0.2) is 0 Å². The molecule has 2 atom stereocenters. The van der Waals surface area contributed by atoms with Gasteiger partial charge in [-0.05, 0) is 36.8 Å². The Balaban J connectivity index is 1.77. The van der Waals surface area contributed by atoms with Crippen LogP contribution >= 0.6 is 0 Å². The minimum Gasteiger partial charge on any atom is -0.463 e. The van der Waals surface area contributed by atoms with Crippen LogP contribution in [0.4, 0.5) is 0 Å². The molecule has 3 rings (SSSR count). The van der Waals surface area contributed by atoms with Crippen LogP contribution in [0.5, 0.6) is 0 Å². The van der Waals surface area contributed by atoms with Crippen molar-refractivity contribution < 1.29 is 24.2 Å². The second-order valence-corrected chi connectivity index (χ2v) is 9.03. The summed E-state index contributed by atoms with van der Waals surface area (Å²) in [6.07, 6.45) is 7.14. The lowest BCUT2D eigenvalue weighted by Gasteiger charge is -2.26. The van der Waals surface area contributed by atoms with E-state index in [1.165, 1.54) is 0 Å². The first kappa shape index (κ1) is 27.1. The van der Waals surface area contributed by atoms with Gasteiger partial charge in [-0.1, -0.05) is 72.8 Å². The number of hydrogen-bond donors (Lipinski definition) is 2. The number of carbonyl (C=O) groups excluding carboxylic acids is 3. The molecule has 1 heterocycles. The van der Waals surface area contributed by atoms with Gasteiger partial charge in [0.05, 0.1) is 18.6 Å². The van der Waals surface area contributed by atoms with Crippen molar-refractivity contribution in [1.82, 2.24) is 10.2 Å². The van der Waals surface area contributed by atoms with Crippen LogP contribution in [-0.4, -0.2) is 47.5 Å². The maximum absolute atomic E-state index is 13.4. The van der Waals surface area contributed by atoms with Crippen molar-refractivity contribution in [1.29, 1.82) is 0 Å². The molecule has 0 aliphatic carbocycles. The molecule has 0 fully saturated rings. The van der Waals surface area contributed by atoms with Crippen LogP contribution in [0.15, 0.2) is 72.8 Å². The molecule has 0 spiro atoms. The number of cyclic esters (lactones) is 1. The summed E-state index contributed by atoms with van der Waals surface area (Å²) in [6, 6.07) is 18.5. The van der Waals surface area contributed by atoms with Crippen molar-refractivity contribution in [3.63, 3.8) is 0 Å². The molecule has 2 amide bonds. The highest BCUT2D eigenvalue weighted by Gasteiger charge is 2.27. The van der Waals surface area contributed by atoms with E-state index < -0.39 is 12.0 Å².